The van der Waals surface area contributed by atoms with E-state index in [1.165, 1.54) is 0 Å². The van der Waals surface area contributed by atoms with E-state index in [2.05, 4.69) is 4.74 Å². The van der Waals surface area contributed by atoms with Crippen molar-refractivity contribution in [1.82, 2.24) is 0 Å². The number of halogens is 6. The van der Waals surface area contributed by atoms with E-state index in [1.54, 1.807) is 0 Å². The van der Waals surface area contributed by atoms with Gasteiger partial charge in [0.25, 0.3) is 0 Å². The Morgan fingerprint density at radius 2 is 1.44 bits per heavy atom. The van der Waals surface area contributed by atoms with Gasteiger partial charge in [0, 0.05) is 6.61 Å². The van der Waals surface area contributed by atoms with Gasteiger partial charge >= 0.3 is 31.2 Å². The molecule has 0 aromatic heterocycles. The van der Waals surface area contributed by atoms with Crippen molar-refractivity contribution < 1.29 is 55.0 Å². The average molecular weight is 246 g/mol. The quantitative estimate of drug-likeness (QED) is 0.453. The molecule has 1 unspecified atom stereocenters. The second kappa shape index (κ2) is 6.74. The molecule has 16 heavy (non-hydrogen) atoms. The van der Waals surface area contributed by atoms with Crippen molar-refractivity contribution in [2.24, 2.45) is 0 Å². The largest absolute Gasteiger partial charge is 1.00 e. The predicted molar refractivity (Wildman–Crippen MR) is 35.9 cm³/mol. The molecule has 0 bridgehead atoms. The second-order valence-electron chi connectivity index (χ2n) is 2.93. The predicted octanol–water partition coefficient (Wildman–Crippen LogP) is -1.36. The maximum absolute atomic E-state index is 11.8. The molecular formula is C7H9F6LiO2. The molecule has 92 valence electrons. The van der Waals surface area contributed by atoms with E-state index in [4.69, 9.17) is 0 Å². The van der Waals surface area contributed by atoms with Gasteiger partial charge in [0.2, 0.25) is 6.10 Å². The SMILES string of the molecule is CC([O-])CCOC(C(F)(F)F)C(F)(F)F.[Li+]. The summed E-state index contributed by atoms with van der Waals surface area (Å²) in [5, 5.41) is 10.4. The maximum Gasteiger partial charge on any atom is 1.00 e. The van der Waals surface area contributed by atoms with E-state index in [0.717, 1.165) is 6.92 Å². The Hall–Kier alpha value is 0.0974. The third-order valence-corrected chi connectivity index (χ3v) is 1.40. The van der Waals surface area contributed by atoms with Gasteiger partial charge in [-0.3, -0.25) is 0 Å². The summed E-state index contributed by atoms with van der Waals surface area (Å²) in [6.45, 7) is 0.258. The van der Waals surface area contributed by atoms with Gasteiger partial charge in [-0.15, -0.1) is 6.10 Å². The number of ether oxygens (including phenoxy) is 1. The van der Waals surface area contributed by atoms with Gasteiger partial charge in [0.05, 0.1) is 0 Å². The molecule has 0 aliphatic carbocycles. The van der Waals surface area contributed by atoms with Crippen LogP contribution in [0, 0.1) is 0 Å². The zero-order valence-corrected chi connectivity index (χ0v) is 8.65. The fourth-order valence-electron chi connectivity index (χ4n) is 0.726. The Morgan fingerprint density at radius 1 is 1.06 bits per heavy atom. The fraction of sp³-hybridized carbons (Fsp3) is 1.00. The topological polar surface area (TPSA) is 32.3 Å². The molecule has 0 aliphatic heterocycles. The minimum atomic E-state index is -5.51. The summed E-state index contributed by atoms with van der Waals surface area (Å²) in [5.41, 5.74) is 0. The van der Waals surface area contributed by atoms with Crippen molar-refractivity contribution in [1.29, 1.82) is 0 Å². The fourth-order valence-corrected chi connectivity index (χ4v) is 0.726. The molecule has 0 rings (SSSR count). The second-order valence-corrected chi connectivity index (χ2v) is 2.93. The minimum Gasteiger partial charge on any atom is -0.852 e. The molecule has 0 aliphatic rings. The Bertz CT molecular complexity index is 176. The van der Waals surface area contributed by atoms with Gasteiger partial charge in [0.1, 0.15) is 0 Å². The third-order valence-electron chi connectivity index (χ3n) is 1.40. The first-order valence-electron chi connectivity index (χ1n) is 3.96. The van der Waals surface area contributed by atoms with Crippen LogP contribution < -0.4 is 24.0 Å². The van der Waals surface area contributed by atoms with Crippen LogP contribution in [0.4, 0.5) is 26.3 Å². The Morgan fingerprint density at radius 3 is 1.69 bits per heavy atom. The van der Waals surface area contributed by atoms with Crippen molar-refractivity contribution in [2.75, 3.05) is 6.61 Å². The monoisotopic (exact) mass is 246 g/mol. The van der Waals surface area contributed by atoms with Crippen molar-refractivity contribution in [2.45, 2.75) is 37.9 Å². The third kappa shape index (κ3) is 7.38. The van der Waals surface area contributed by atoms with Gasteiger partial charge in [-0.25, -0.2) is 0 Å². The van der Waals surface area contributed by atoms with E-state index < -0.39 is 37.6 Å². The van der Waals surface area contributed by atoms with E-state index in [0.29, 0.717) is 0 Å². The van der Waals surface area contributed by atoms with Crippen LogP contribution in [0.5, 0.6) is 0 Å². The molecule has 0 heterocycles. The molecule has 9 heteroatoms. The zero-order chi connectivity index (χ0) is 12.3. The zero-order valence-electron chi connectivity index (χ0n) is 8.65. The molecule has 0 aromatic rings. The van der Waals surface area contributed by atoms with Gasteiger partial charge in [-0.1, -0.05) is 6.92 Å². The minimum absolute atomic E-state index is 0. The molecule has 1 atom stereocenters. The summed E-state index contributed by atoms with van der Waals surface area (Å²) < 4.78 is 74.5. The number of rotatable bonds is 4. The van der Waals surface area contributed by atoms with E-state index >= 15 is 0 Å². The number of hydrogen-bond donors (Lipinski definition) is 0. The van der Waals surface area contributed by atoms with E-state index in [1.807, 2.05) is 0 Å². The van der Waals surface area contributed by atoms with Crippen LogP contribution >= 0.6 is 0 Å². The van der Waals surface area contributed by atoms with Gasteiger partial charge < -0.3 is 9.84 Å². The summed E-state index contributed by atoms with van der Waals surface area (Å²) >= 11 is 0. The van der Waals surface area contributed by atoms with Crippen LogP contribution in [0.3, 0.4) is 0 Å². The first-order valence-corrected chi connectivity index (χ1v) is 3.96. The standard InChI is InChI=1S/C7H9F6O2.Li/c1-4(14)2-3-15-5(6(8,9)10)7(11,12)13;/h4-5H,2-3H2,1H3;/q-1;+1. The normalized spacial score (nSPS) is 14.8. The van der Waals surface area contributed by atoms with Crippen molar-refractivity contribution >= 4 is 0 Å². The summed E-state index contributed by atoms with van der Waals surface area (Å²) in [6.07, 6.45) is -16.5. The first kappa shape index (κ1) is 18.5. The molecule has 0 saturated carbocycles. The van der Waals surface area contributed by atoms with Gasteiger partial charge in [-0.05, 0) is 6.42 Å². The molecular weight excluding hydrogens is 237 g/mol. The summed E-state index contributed by atoms with van der Waals surface area (Å²) in [4.78, 5) is 0. The Kier molecular flexibility index (Phi) is 7.78. The Balaban J connectivity index is 0. The van der Waals surface area contributed by atoms with Crippen LogP contribution in [-0.4, -0.2) is 31.2 Å². The average Bonchev–Trinajstić information content (AvgIpc) is 1.92. The first-order chi connectivity index (χ1) is 6.55. The van der Waals surface area contributed by atoms with Crippen LogP contribution in [0.15, 0.2) is 0 Å². The molecule has 0 amide bonds. The van der Waals surface area contributed by atoms with Gasteiger partial charge in [-0.2, -0.15) is 26.3 Å². The molecule has 0 fully saturated rings. The van der Waals surface area contributed by atoms with E-state index in [9.17, 15) is 31.4 Å². The Labute approximate surface area is 100 Å². The van der Waals surface area contributed by atoms with Crippen LogP contribution in [0.25, 0.3) is 0 Å². The molecule has 0 saturated heterocycles. The molecule has 0 aromatic carbocycles. The van der Waals surface area contributed by atoms with Crippen LogP contribution in [-0.2, 0) is 4.74 Å². The molecule has 0 radical (unpaired) electrons. The van der Waals surface area contributed by atoms with Crippen LogP contribution in [0.2, 0.25) is 0 Å². The molecule has 0 N–H and O–H groups in total. The van der Waals surface area contributed by atoms with Gasteiger partial charge in [0.15, 0.2) is 0 Å². The van der Waals surface area contributed by atoms with Crippen molar-refractivity contribution in [3.05, 3.63) is 0 Å². The number of alkyl halides is 6. The number of hydrogen-bond acceptors (Lipinski definition) is 2. The maximum atomic E-state index is 11.8. The van der Waals surface area contributed by atoms with Crippen molar-refractivity contribution in [3.8, 4) is 0 Å². The summed E-state index contributed by atoms with van der Waals surface area (Å²) in [6, 6.07) is 0. The summed E-state index contributed by atoms with van der Waals surface area (Å²) in [5.74, 6) is 0. The summed E-state index contributed by atoms with van der Waals surface area (Å²) in [7, 11) is 0. The van der Waals surface area contributed by atoms with Crippen LogP contribution in [0.1, 0.15) is 13.3 Å². The van der Waals surface area contributed by atoms with E-state index in [-0.39, 0.29) is 18.9 Å². The van der Waals surface area contributed by atoms with Crippen molar-refractivity contribution in [3.63, 3.8) is 0 Å². The molecule has 2 nitrogen and oxygen atoms in total. The molecule has 0 spiro atoms. The smallest absolute Gasteiger partial charge is 0.852 e.